The molecule has 59 heavy (non-hydrogen) atoms. The van der Waals surface area contributed by atoms with E-state index in [-0.39, 0.29) is 87.3 Å². The van der Waals surface area contributed by atoms with Crippen LogP contribution in [-0.4, -0.2) is 89.3 Å². The Bertz CT molecular complexity index is 2370. The van der Waals surface area contributed by atoms with Crippen LogP contribution in [-0.2, 0) is 11.0 Å². The number of nitrogens with one attached hydrogen (secondary N) is 1. The average molecular weight is 848 g/mol. The molecule has 314 valence electrons. The van der Waals surface area contributed by atoms with Crippen molar-refractivity contribution in [2.75, 3.05) is 56.1 Å². The number of aromatic nitrogens is 2. The predicted molar refractivity (Wildman–Crippen MR) is 207 cm³/mol. The van der Waals surface area contributed by atoms with Gasteiger partial charge in [-0.2, -0.15) is 41.6 Å². The van der Waals surface area contributed by atoms with Crippen LogP contribution in [0.25, 0.3) is 32.1 Å². The summed E-state index contributed by atoms with van der Waals surface area (Å²) < 4.78 is 124. The summed E-state index contributed by atoms with van der Waals surface area (Å²) in [5, 5.41) is 13.1. The average Bonchev–Trinajstić information content (AvgIpc) is 3.79. The van der Waals surface area contributed by atoms with Crippen LogP contribution < -0.4 is 15.0 Å². The maximum Gasteiger partial charge on any atom is 0.417 e. The van der Waals surface area contributed by atoms with E-state index >= 15 is 22.0 Å². The zero-order valence-electron chi connectivity index (χ0n) is 32.3. The molecule has 1 amide bonds. The Hall–Kier alpha value is -4.76. The van der Waals surface area contributed by atoms with Crippen LogP contribution in [0.2, 0.25) is 0 Å². The maximum absolute atomic E-state index is 17.5. The number of hydrogen-bond donors (Lipinski definition) is 1. The lowest BCUT2D eigenvalue weighted by Gasteiger charge is -2.51. The first-order chi connectivity index (χ1) is 27.9. The maximum atomic E-state index is 17.5. The highest BCUT2D eigenvalue weighted by Gasteiger charge is 2.48. The number of anilines is 2. The summed E-state index contributed by atoms with van der Waals surface area (Å²) in [7, 11) is 0. The van der Waals surface area contributed by atoms with Gasteiger partial charge < -0.3 is 19.9 Å². The molecule has 0 atom stereocenters. The topological polar surface area (TPSA) is 97.6 Å². The highest BCUT2D eigenvalue weighted by Crippen LogP contribution is 2.50. The lowest BCUT2D eigenvalue weighted by molar-refractivity contribution is -0.138. The molecule has 4 fully saturated rings. The summed E-state index contributed by atoms with van der Waals surface area (Å²) in [5.41, 5.74) is -4.11. The first-order valence-corrected chi connectivity index (χ1v) is 20.4. The number of fused-ring (bicyclic) bond motifs is 3. The van der Waals surface area contributed by atoms with Crippen LogP contribution in [0.4, 0.5) is 45.9 Å². The molecule has 4 aliphatic heterocycles. The van der Waals surface area contributed by atoms with E-state index in [9.17, 15) is 23.2 Å². The summed E-state index contributed by atoms with van der Waals surface area (Å²) in [5.74, 6) is -2.97. The summed E-state index contributed by atoms with van der Waals surface area (Å²) in [6.07, 6.45) is -4.02. The minimum absolute atomic E-state index is 0.0166. The van der Waals surface area contributed by atoms with Crippen molar-refractivity contribution in [1.82, 2.24) is 19.8 Å². The Kier molecular flexibility index (Phi) is 10.5. The highest BCUT2D eigenvalue weighted by atomic mass is 32.1. The van der Waals surface area contributed by atoms with Gasteiger partial charge in [0.15, 0.2) is 5.82 Å². The highest BCUT2D eigenvalue weighted by molar-refractivity contribution is 7.23. The van der Waals surface area contributed by atoms with Gasteiger partial charge in [-0.3, -0.25) is 9.69 Å². The van der Waals surface area contributed by atoms with Crippen molar-refractivity contribution in [2.45, 2.75) is 82.7 Å². The quantitative estimate of drug-likeness (QED) is 0.139. The molecule has 2 aromatic heterocycles. The zero-order chi connectivity index (χ0) is 42.1. The van der Waals surface area contributed by atoms with Gasteiger partial charge in [-0.15, -0.1) is 11.3 Å². The van der Waals surface area contributed by atoms with E-state index in [2.05, 4.69) is 20.2 Å². The van der Waals surface area contributed by atoms with E-state index in [0.29, 0.717) is 31.9 Å². The first kappa shape index (κ1) is 41.0. The van der Waals surface area contributed by atoms with Gasteiger partial charge >= 0.3 is 18.4 Å². The normalized spacial score (nSPS) is 19.5. The van der Waals surface area contributed by atoms with Gasteiger partial charge in [0.25, 0.3) is 0 Å². The fourth-order valence-electron chi connectivity index (χ4n) is 9.49. The number of likely N-dealkylation sites (tertiary alicyclic amines) is 1. The van der Waals surface area contributed by atoms with Gasteiger partial charge in [-0.25, -0.2) is 8.78 Å². The van der Waals surface area contributed by atoms with Crippen LogP contribution in [0.15, 0.2) is 30.4 Å². The Labute approximate surface area is 338 Å². The van der Waals surface area contributed by atoms with Crippen molar-refractivity contribution in [2.24, 2.45) is 5.41 Å². The third-order valence-electron chi connectivity index (χ3n) is 12.1. The molecule has 0 saturated carbocycles. The molecule has 1 N–H and O–H groups in total. The van der Waals surface area contributed by atoms with Gasteiger partial charge in [0.1, 0.15) is 34.8 Å². The number of thiophene rings is 1. The lowest BCUT2D eigenvalue weighted by Crippen LogP contribution is -2.61. The van der Waals surface area contributed by atoms with Crippen molar-refractivity contribution >= 4 is 49.1 Å². The van der Waals surface area contributed by atoms with Crippen LogP contribution in [0.3, 0.4) is 0 Å². The van der Waals surface area contributed by atoms with Gasteiger partial charge in [-0.1, -0.05) is 12.5 Å². The Morgan fingerprint density at radius 2 is 1.75 bits per heavy atom. The molecule has 8 rings (SSSR count). The minimum atomic E-state index is -5.15. The number of amides is 1. The second-order valence-corrected chi connectivity index (χ2v) is 17.5. The number of halogens is 8. The van der Waals surface area contributed by atoms with E-state index in [1.54, 1.807) is 18.7 Å². The van der Waals surface area contributed by atoms with Gasteiger partial charge in [0.05, 0.1) is 21.4 Å². The van der Waals surface area contributed by atoms with Crippen LogP contribution in [0, 0.1) is 28.4 Å². The molecule has 0 bridgehead atoms. The molecule has 4 aromatic rings. The van der Waals surface area contributed by atoms with Crippen molar-refractivity contribution in [3.05, 3.63) is 53.1 Å². The van der Waals surface area contributed by atoms with E-state index in [0.717, 1.165) is 68.3 Å². The Morgan fingerprint density at radius 1 is 1.02 bits per heavy atom. The molecule has 4 aliphatic rings. The second kappa shape index (κ2) is 15.1. The van der Waals surface area contributed by atoms with E-state index in [4.69, 9.17) is 4.74 Å². The summed E-state index contributed by atoms with van der Waals surface area (Å²) in [4.78, 5) is 27.1. The number of carbonyl (C=O) groups is 1. The number of nitrogens with zero attached hydrogens (tertiary/aromatic N) is 6. The van der Waals surface area contributed by atoms with E-state index in [1.165, 1.54) is 4.90 Å². The number of hydrogen-bond acceptors (Lipinski definition) is 9. The molecule has 9 nitrogen and oxygen atoms in total. The second-order valence-electron chi connectivity index (χ2n) is 16.5. The summed E-state index contributed by atoms with van der Waals surface area (Å²) in [6.45, 7) is 6.19. The monoisotopic (exact) mass is 847 g/mol. The van der Waals surface area contributed by atoms with Crippen LogP contribution in [0.1, 0.15) is 69.9 Å². The first-order valence-electron chi connectivity index (χ1n) is 19.6. The number of carbonyl (C=O) groups excluding carboxylic acids is 1. The smallest absolute Gasteiger partial charge is 0.417 e. The lowest BCUT2D eigenvalue weighted by atomic mass is 9.75. The fraction of sp³-hybridized carbons (Fsp3) is 0.512. The molecule has 18 heteroatoms. The fourth-order valence-corrected chi connectivity index (χ4v) is 10.7. The third kappa shape index (κ3) is 7.64. The number of nitriles is 1. The summed E-state index contributed by atoms with van der Waals surface area (Å²) >= 11 is 0.852. The minimum Gasteiger partial charge on any atom is -0.461 e. The molecule has 4 saturated heterocycles. The predicted octanol–water partition coefficient (Wildman–Crippen LogP) is 9.45. The van der Waals surface area contributed by atoms with Gasteiger partial charge in [-0.05, 0) is 83.2 Å². The molecular weight excluding hydrogens is 807 g/mol. The number of ether oxygens (including phenoxy) is 1. The van der Waals surface area contributed by atoms with E-state index in [1.807, 2.05) is 6.07 Å². The Balaban J connectivity index is 1.28. The molecule has 0 radical (unpaired) electrons. The third-order valence-corrected chi connectivity index (χ3v) is 13.2. The number of rotatable bonds is 8. The summed E-state index contributed by atoms with van der Waals surface area (Å²) in [6, 6.07) is 4.32. The van der Waals surface area contributed by atoms with Gasteiger partial charge in [0, 0.05) is 66.1 Å². The largest absolute Gasteiger partial charge is 0.461 e. The van der Waals surface area contributed by atoms with Gasteiger partial charge in [0.2, 0.25) is 5.91 Å². The molecule has 1 spiro atoms. The van der Waals surface area contributed by atoms with Crippen molar-refractivity contribution in [3.63, 3.8) is 0 Å². The Morgan fingerprint density at radius 3 is 2.41 bits per heavy atom. The molecule has 0 aliphatic carbocycles. The molecule has 6 heterocycles. The van der Waals surface area contributed by atoms with Crippen LogP contribution >= 0.6 is 11.3 Å². The molecular formula is C41H41F8N7O2S. The number of benzene rings is 2. The standard InChI is InChI=1S/C41H41F8N7O2S/c1-23(2)51-36-26(18-50)30-24(7-8-28(42)34(30)59-36)31-27(41(47,48)49)17-25-33(32(31)43)52-37(58-22-39-11-5-15-56(39)16-6-12-39)53-35(25)54-14-4-3-10-38(19-54)20-55(21-38)29(57)9-13-40(44,45)46/h7-9,13,17,23,51H,3-6,10-12,14-16,19-22H2,1-2H3/b13-9+. The number of allylic oxidation sites excluding steroid dienone is 1. The van der Waals surface area contributed by atoms with Crippen molar-refractivity contribution in [1.29, 1.82) is 5.26 Å². The zero-order valence-corrected chi connectivity index (χ0v) is 33.1. The van der Waals surface area contributed by atoms with Crippen LogP contribution in [0.5, 0.6) is 6.01 Å². The van der Waals surface area contributed by atoms with Crippen molar-refractivity contribution in [3.8, 4) is 23.2 Å². The molecule has 0 unspecified atom stereocenters. The van der Waals surface area contributed by atoms with E-state index < -0.39 is 52.0 Å². The molecule has 2 aromatic carbocycles. The number of alkyl halides is 6. The SMILES string of the molecule is CC(C)Nc1sc2c(F)ccc(-c3c(C(F)(F)F)cc4c(N5CCCCC6(CN(C(=O)/C=C/C(F)(F)F)C6)C5)nc(OCC56CCCN5CCC6)nc4c3F)c2c1C#N. The van der Waals surface area contributed by atoms with Crippen molar-refractivity contribution < 1.29 is 44.7 Å².